The highest BCUT2D eigenvalue weighted by molar-refractivity contribution is 5.95. The van der Waals surface area contributed by atoms with E-state index in [0.717, 1.165) is 0 Å². The van der Waals surface area contributed by atoms with E-state index in [0.29, 0.717) is 28.4 Å². The highest BCUT2D eigenvalue weighted by Crippen LogP contribution is 2.19. The number of pyridine rings is 1. The van der Waals surface area contributed by atoms with Crippen molar-refractivity contribution in [1.82, 2.24) is 9.47 Å². The number of nitrogens with zero attached hydrogens (tertiary/aromatic N) is 2. The van der Waals surface area contributed by atoms with Crippen LogP contribution in [0.15, 0.2) is 53.3 Å². The number of carbonyl (C=O) groups is 2. The van der Waals surface area contributed by atoms with Crippen molar-refractivity contribution in [3.05, 3.63) is 58.8 Å². The van der Waals surface area contributed by atoms with Crippen LogP contribution in [0.4, 0.5) is 0 Å². The van der Waals surface area contributed by atoms with Crippen molar-refractivity contribution in [2.75, 3.05) is 19.7 Å². The first-order valence-electron chi connectivity index (χ1n) is 8.69. The Morgan fingerprint density at radius 1 is 1.04 bits per heavy atom. The van der Waals surface area contributed by atoms with Crippen molar-refractivity contribution in [3.8, 4) is 0 Å². The smallest absolute Gasteiger partial charge is 0.334 e. The quantitative estimate of drug-likeness (QED) is 0.709. The number of benzene rings is 2. The van der Waals surface area contributed by atoms with Gasteiger partial charge in [-0.25, -0.2) is 4.79 Å². The zero-order chi connectivity index (χ0) is 19.0. The van der Waals surface area contributed by atoms with E-state index in [4.69, 9.17) is 9.84 Å². The molecule has 3 aromatic rings. The summed E-state index contributed by atoms with van der Waals surface area (Å²) in [7, 11) is 0. The molecule has 138 valence electrons. The molecule has 0 spiro atoms. The average Bonchev–Trinajstić information content (AvgIpc) is 2.71. The summed E-state index contributed by atoms with van der Waals surface area (Å²) >= 11 is 0. The number of morpholine rings is 1. The van der Waals surface area contributed by atoms with Gasteiger partial charge in [0.15, 0.2) is 11.5 Å². The first-order chi connectivity index (χ1) is 13.1. The van der Waals surface area contributed by atoms with Gasteiger partial charge in [-0.3, -0.25) is 9.59 Å². The Hall–Kier alpha value is -3.19. The number of amides is 1. The Morgan fingerprint density at radius 3 is 2.22 bits per heavy atom. The van der Waals surface area contributed by atoms with E-state index in [-0.39, 0.29) is 31.0 Å². The number of aromatic nitrogens is 1. The van der Waals surface area contributed by atoms with Gasteiger partial charge >= 0.3 is 5.97 Å². The van der Waals surface area contributed by atoms with E-state index in [1.54, 1.807) is 24.3 Å². The lowest BCUT2D eigenvalue weighted by molar-refractivity contribution is -0.159. The molecule has 1 aliphatic rings. The predicted octanol–water partition coefficient (Wildman–Crippen LogP) is 1.47. The summed E-state index contributed by atoms with van der Waals surface area (Å²) < 4.78 is 7.00. The number of ether oxygens (including phenoxy) is 1. The maximum atomic E-state index is 12.9. The van der Waals surface area contributed by atoms with Crippen molar-refractivity contribution < 1.29 is 19.4 Å². The minimum absolute atomic E-state index is 0.0181. The fraction of sp³-hybridized carbons (Fsp3) is 0.250. The van der Waals surface area contributed by atoms with E-state index in [1.165, 1.54) is 4.90 Å². The number of para-hydroxylation sites is 2. The van der Waals surface area contributed by atoms with Crippen molar-refractivity contribution in [2.45, 2.75) is 12.6 Å². The van der Waals surface area contributed by atoms with Crippen molar-refractivity contribution in [2.24, 2.45) is 0 Å². The highest BCUT2D eigenvalue weighted by atomic mass is 16.5. The zero-order valence-corrected chi connectivity index (χ0v) is 14.5. The fourth-order valence-corrected chi connectivity index (χ4v) is 3.51. The third-order valence-electron chi connectivity index (χ3n) is 4.87. The van der Waals surface area contributed by atoms with Gasteiger partial charge in [-0.2, -0.15) is 0 Å². The Kier molecular flexibility index (Phi) is 4.37. The Balaban J connectivity index is 1.77. The molecule has 0 radical (unpaired) electrons. The maximum Gasteiger partial charge on any atom is 0.334 e. The maximum absolute atomic E-state index is 12.9. The first-order valence-corrected chi connectivity index (χ1v) is 8.69. The molecular weight excluding hydrogens is 348 g/mol. The molecule has 0 bridgehead atoms. The summed E-state index contributed by atoms with van der Waals surface area (Å²) in [5, 5.41) is 10.2. The molecule has 1 aromatic heterocycles. The monoisotopic (exact) mass is 366 g/mol. The molecule has 1 aliphatic heterocycles. The number of hydrogen-bond acceptors (Lipinski definition) is 4. The van der Waals surface area contributed by atoms with Crippen LogP contribution in [0.1, 0.15) is 0 Å². The molecule has 0 saturated carbocycles. The summed E-state index contributed by atoms with van der Waals surface area (Å²) in [6, 6.07) is 14.4. The molecule has 2 heterocycles. The molecule has 1 unspecified atom stereocenters. The molecule has 27 heavy (non-hydrogen) atoms. The lowest BCUT2D eigenvalue weighted by atomic mass is 10.1. The summed E-state index contributed by atoms with van der Waals surface area (Å²) in [6.45, 7) is 0.574. The van der Waals surface area contributed by atoms with Gasteiger partial charge in [0, 0.05) is 17.3 Å². The van der Waals surface area contributed by atoms with Crippen LogP contribution in [0, 0.1) is 0 Å². The summed E-state index contributed by atoms with van der Waals surface area (Å²) in [5.41, 5.74) is 1.29. The van der Waals surface area contributed by atoms with Crippen molar-refractivity contribution in [1.29, 1.82) is 0 Å². The van der Waals surface area contributed by atoms with E-state index in [1.807, 2.05) is 28.8 Å². The molecule has 0 aliphatic carbocycles. The van der Waals surface area contributed by atoms with Crippen LogP contribution in [0.2, 0.25) is 0 Å². The highest BCUT2D eigenvalue weighted by Gasteiger charge is 2.29. The van der Waals surface area contributed by atoms with Crippen molar-refractivity contribution >= 4 is 33.7 Å². The Bertz CT molecular complexity index is 1040. The standard InChI is InChI=1S/C20H18N2O5/c23-18(21-9-10-27-17(11-21)20(25)26)12-22-15-7-3-1-5-13(15)19(24)14-6-2-4-8-16(14)22/h1-8,17H,9-12H2,(H,25,26). The topological polar surface area (TPSA) is 88.8 Å². The number of carboxylic acid groups (broad SMARTS) is 1. The van der Waals surface area contributed by atoms with Crippen LogP contribution >= 0.6 is 0 Å². The molecular formula is C20H18N2O5. The predicted molar refractivity (Wildman–Crippen MR) is 99.7 cm³/mol. The largest absolute Gasteiger partial charge is 0.479 e. The second-order valence-electron chi connectivity index (χ2n) is 6.49. The van der Waals surface area contributed by atoms with Gasteiger partial charge in [0.25, 0.3) is 0 Å². The van der Waals surface area contributed by atoms with Gasteiger partial charge in [-0.15, -0.1) is 0 Å². The number of hydrogen-bond donors (Lipinski definition) is 1. The third kappa shape index (κ3) is 3.06. The number of rotatable bonds is 3. The average molecular weight is 366 g/mol. The van der Waals surface area contributed by atoms with E-state index < -0.39 is 12.1 Å². The zero-order valence-electron chi connectivity index (χ0n) is 14.5. The first kappa shape index (κ1) is 17.2. The van der Waals surface area contributed by atoms with Crippen LogP contribution in [-0.4, -0.2) is 52.3 Å². The normalized spacial score (nSPS) is 17.3. The molecule has 4 rings (SSSR count). The number of aliphatic carboxylic acids is 1. The van der Waals surface area contributed by atoms with Gasteiger partial charge in [-0.05, 0) is 24.3 Å². The second-order valence-corrected chi connectivity index (χ2v) is 6.49. The summed E-state index contributed by atoms with van der Waals surface area (Å²) in [6.07, 6.45) is -1.01. The summed E-state index contributed by atoms with van der Waals surface area (Å²) in [4.78, 5) is 38.3. The van der Waals surface area contributed by atoms with Gasteiger partial charge in [0.2, 0.25) is 5.91 Å². The van der Waals surface area contributed by atoms with Crippen LogP contribution in [0.3, 0.4) is 0 Å². The molecule has 7 nitrogen and oxygen atoms in total. The molecule has 1 N–H and O–H groups in total. The van der Waals surface area contributed by atoms with E-state index >= 15 is 0 Å². The Morgan fingerprint density at radius 2 is 1.63 bits per heavy atom. The van der Waals surface area contributed by atoms with Crippen LogP contribution in [0.5, 0.6) is 0 Å². The Labute approximate surface area is 154 Å². The fourth-order valence-electron chi connectivity index (χ4n) is 3.51. The SMILES string of the molecule is O=C(O)C1CN(C(=O)Cn2c3ccccc3c(=O)c3ccccc32)CCO1. The minimum atomic E-state index is -1.08. The van der Waals surface area contributed by atoms with Crippen LogP contribution in [0.25, 0.3) is 21.8 Å². The lowest BCUT2D eigenvalue weighted by Crippen LogP contribution is -2.49. The molecule has 7 heteroatoms. The van der Waals surface area contributed by atoms with E-state index in [9.17, 15) is 14.4 Å². The molecule has 1 amide bonds. The van der Waals surface area contributed by atoms with Gasteiger partial charge in [-0.1, -0.05) is 24.3 Å². The van der Waals surface area contributed by atoms with Crippen LogP contribution in [-0.2, 0) is 20.9 Å². The number of fused-ring (bicyclic) bond motifs is 2. The number of carbonyl (C=O) groups excluding carboxylic acids is 1. The van der Waals surface area contributed by atoms with Gasteiger partial charge in [0.05, 0.1) is 24.2 Å². The summed E-state index contributed by atoms with van der Waals surface area (Å²) in [5.74, 6) is -1.28. The molecule has 1 saturated heterocycles. The van der Waals surface area contributed by atoms with Gasteiger partial charge < -0.3 is 19.3 Å². The lowest BCUT2D eigenvalue weighted by Gasteiger charge is -2.31. The van der Waals surface area contributed by atoms with Gasteiger partial charge in [0.1, 0.15) is 6.54 Å². The molecule has 1 fully saturated rings. The number of carboxylic acids is 1. The molecule has 2 aromatic carbocycles. The van der Waals surface area contributed by atoms with Crippen molar-refractivity contribution in [3.63, 3.8) is 0 Å². The van der Waals surface area contributed by atoms with Crippen LogP contribution < -0.4 is 5.43 Å². The molecule has 1 atom stereocenters. The van der Waals surface area contributed by atoms with E-state index in [2.05, 4.69) is 0 Å². The third-order valence-corrected chi connectivity index (χ3v) is 4.87. The second kappa shape index (κ2) is 6.85. The minimum Gasteiger partial charge on any atom is -0.479 e.